The van der Waals surface area contributed by atoms with E-state index in [1.807, 2.05) is 25.3 Å². The molecule has 17 heavy (non-hydrogen) atoms. The van der Waals surface area contributed by atoms with Crippen molar-refractivity contribution in [2.75, 3.05) is 5.73 Å². The van der Waals surface area contributed by atoms with E-state index in [4.69, 9.17) is 10.5 Å². The van der Waals surface area contributed by atoms with Crippen LogP contribution in [0.2, 0.25) is 0 Å². The van der Waals surface area contributed by atoms with Gasteiger partial charge in [-0.3, -0.25) is 0 Å². The van der Waals surface area contributed by atoms with Crippen LogP contribution in [0.5, 0.6) is 0 Å². The van der Waals surface area contributed by atoms with Crippen molar-refractivity contribution in [2.45, 2.75) is 52.7 Å². The normalized spacial score (nSPS) is 12.8. The van der Waals surface area contributed by atoms with E-state index in [0.717, 1.165) is 12.8 Å². The molecule has 4 heteroatoms. The Morgan fingerprint density at radius 3 is 2.65 bits per heavy atom. The van der Waals surface area contributed by atoms with Gasteiger partial charge in [0, 0.05) is 12.2 Å². The maximum Gasteiger partial charge on any atom is 0.355 e. The Hall–Kier alpha value is -1.45. The molecule has 1 aromatic rings. The molecular formula is C13H22N2O2. The van der Waals surface area contributed by atoms with Gasteiger partial charge in [-0.15, -0.1) is 0 Å². The monoisotopic (exact) mass is 238 g/mol. The maximum atomic E-state index is 12.0. The van der Waals surface area contributed by atoms with E-state index in [2.05, 4.69) is 6.92 Å². The highest BCUT2D eigenvalue weighted by atomic mass is 16.5. The summed E-state index contributed by atoms with van der Waals surface area (Å²) in [7, 11) is 0. The molecule has 0 fully saturated rings. The lowest BCUT2D eigenvalue weighted by atomic mass is 10.2. The van der Waals surface area contributed by atoms with Crippen molar-refractivity contribution in [3.05, 3.63) is 18.0 Å². The van der Waals surface area contributed by atoms with E-state index in [0.29, 0.717) is 11.4 Å². The van der Waals surface area contributed by atoms with Crippen LogP contribution < -0.4 is 5.73 Å². The molecule has 1 unspecified atom stereocenters. The van der Waals surface area contributed by atoms with Gasteiger partial charge in [0.2, 0.25) is 0 Å². The summed E-state index contributed by atoms with van der Waals surface area (Å²) < 4.78 is 7.21. The fourth-order valence-electron chi connectivity index (χ4n) is 1.80. The number of ether oxygens (including phenoxy) is 1. The van der Waals surface area contributed by atoms with E-state index in [-0.39, 0.29) is 18.1 Å². The number of hydrogen-bond donors (Lipinski definition) is 1. The van der Waals surface area contributed by atoms with Gasteiger partial charge < -0.3 is 15.0 Å². The molecule has 2 N–H and O–H groups in total. The summed E-state index contributed by atoms with van der Waals surface area (Å²) >= 11 is 0. The van der Waals surface area contributed by atoms with E-state index in [1.165, 1.54) is 0 Å². The van der Waals surface area contributed by atoms with Crippen LogP contribution in [0.25, 0.3) is 0 Å². The molecule has 1 aromatic heterocycles. The summed E-state index contributed by atoms with van der Waals surface area (Å²) in [6, 6.07) is 1.86. The number of hydrogen-bond acceptors (Lipinski definition) is 3. The molecule has 1 rings (SSSR count). The predicted octanol–water partition coefficient (Wildman–Crippen LogP) is 3.00. The van der Waals surface area contributed by atoms with Gasteiger partial charge in [0.25, 0.3) is 0 Å². The molecule has 0 aliphatic rings. The first-order chi connectivity index (χ1) is 7.95. The van der Waals surface area contributed by atoms with Gasteiger partial charge >= 0.3 is 5.97 Å². The minimum absolute atomic E-state index is 0.0516. The average Bonchev–Trinajstić information content (AvgIpc) is 2.60. The summed E-state index contributed by atoms with van der Waals surface area (Å²) in [5.74, 6) is -0.295. The number of rotatable bonds is 5. The lowest BCUT2D eigenvalue weighted by Crippen LogP contribution is -2.18. The molecule has 1 heterocycles. The van der Waals surface area contributed by atoms with Gasteiger partial charge in [-0.05, 0) is 33.3 Å². The Kier molecular flexibility index (Phi) is 4.61. The van der Waals surface area contributed by atoms with Gasteiger partial charge in [0.1, 0.15) is 5.69 Å². The van der Waals surface area contributed by atoms with Crippen molar-refractivity contribution in [3.63, 3.8) is 0 Å². The van der Waals surface area contributed by atoms with Crippen LogP contribution in [-0.2, 0) is 4.74 Å². The molecule has 0 saturated heterocycles. The zero-order valence-corrected chi connectivity index (χ0v) is 11.1. The summed E-state index contributed by atoms with van der Waals surface area (Å²) in [5, 5.41) is 0. The number of anilines is 1. The van der Waals surface area contributed by atoms with Crippen molar-refractivity contribution < 1.29 is 9.53 Å². The Balaban J connectivity index is 2.81. The second-order valence-electron chi connectivity index (χ2n) is 4.66. The van der Waals surface area contributed by atoms with Crippen LogP contribution in [0.3, 0.4) is 0 Å². The number of nitrogens with two attached hydrogens (primary N) is 1. The molecule has 1 atom stereocenters. The molecule has 0 aliphatic carbocycles. The molecule has 0 saturated carbocycles. The molecule has 0 aromatic carbocycles. The number of nitrogens with zero attached hydrogens (tertiary/aromatic N) is 1. The number of carbonyl (C=O) groups is 1. The Bertz CT molecular complexity index is 383. The molecule has 0 amide bonds. The Labute approximate surface area is 103 Å². The third-order valence-corrected chi connectivity index (χ3v) is 2.64. The molecule has 96 valence electrons. The lowest BCUT2D eigenvalue weighted by molar-refractivity contribution is 0.0309. The van der Waals surface area contributed by atoms with E-state index in [9.17, 15) is 4.79 Å². The second-order valence-corrected chi connectivity index (χ2v) is 4.66. The Morgan fingerprint density at radius 1 is 1.47 bits per heavy atom. The van der Waals surface area contributed by atoms with Crippen LogP contribution in [0.1, 0.15) is 57.1 Å². The minimum Gasteiger partial charge on any atom is -0.458 e. The third-order valence-electron chi connectivity index (χ3n) is 2.64. The molecular weight excluding hydrogens is 216 g/mol. The molecule has 0 bridgehead atoms. The number of aromatic nitrogens is 1. The summed E-state index contributed by atoms with van der Waals surface area (Å²) in [4.78, 5) is 12.0. The van der Waals surface area contributed by atoms with Gasteiger partial charge in [-0.1, -0.05) is 13.3 Å². The third kappa shape index (κ3) is 3.51. The molecule has 0 radical (unpaired) electrons. The van der Waals surface area contributed by atoms with Crippen molar-refractivity contribution in [1.82, 2.24) is 4.57 Å². The van der Waals surface area contributed by atoms with Crippen LogP contribution >= 0.6 is 0 Å². The highest BCUT2D eigenvalue weighted by Gasteiger charge is 2.18. The van der Waals surface area contributed by atoms with Gasteiger partial charge in [-0.2, -0.15) is 0 Å². The van der Waals surface area contributed by atoms with Crippen molar-refractivity contribution >= 4 is 11.7 Å². The number of esters is 1. The largest absolute Gasteiger partial charge is 0.458 e. The zero-order valence-electron chi connectivity index (χ0n) is 11.1. The highest BCUT2D eigenvalue weighted by Crippen LogP contribution is 2.18. The predicted molar refractivity (Wildman–Crippen MR) is 69.0 cm³/mol. The molecule has 0 aliphatic heterocycles. The van der Waals surface area contributed by atoms with E-state index >= 15 is 0 Å². The van der Waals surface area contributed by atoms with Gasteiger partial charge in [0.15, 0.2) is 0 Å². The van der Waals surface area contributed by atoms with Crippen LogP contribution in [0.15, 0.2) is 12.3 Å². The van der Waals surface area contributed by atoms with E-state index in [1.54, 1.807) is 12.3 Å². The topological polar surface area (TPSA) is 57.2 Å². The van der Waals surface area contributed by atoms with Crippen molar-refractivity contribution in [3.8, 4) is 0 Å². The fourth-order valence-corrected chi connectivity index (χ4v) is 1.80. The number of carbonyl (C=O) groups excluding carboxylic acids is 1. The molecule has 4 nitrogen and oxygen atoms in total. The van der Waals surface area contributed by atoms with Crippen molar-refractivity contribution in [1.29, 1.82) is 0 Å². The summed E-state index contributed by atoms with van der Waals surface area (Å²) in [6.07, 6.45) is 3.60. The standard InChI is InChI=1S/C13H22N2O2/c1-5-6-10(4)17-13(16)12-7-11(14)8-15(12)9(2)3/h7-10H,5-6,14H2,1-4H3. The summed E-state index contributed by atoms with van der Waals surface area (Å²) in [6.45, 7) is 7.99. The smallest absolute Gasteiger partial charge is 0.355 e. The van der Waals surface area contributed by atoms with Crippen LogP contribution in [0, 0.1) is 0 Å². The van der Waals surface area contributed by atoms with Crippen LogP contribution in [-0.4, -0.2) is 16.6 Å². The van der Waals surface area contributed by atoms with E-state index < -0.39 is 0 Å². The quantitative estimate of drug-likeness (QED) is 0.802. The van der Waals surface area contributed by atoms with Gasteiger partial charge in [0.05, 0.1) is 11.8 Å². The van der Waals surface area contributed by atoms with Gasteiger partial charge in [-0.25, -0.2) is 4.79 Å². The molecule has 0 spiro atoms. The summed E-state index contributed by atoms with van der Waals surface area (Å²) in [5.41, 5.74) is 6.84. The first kappa shape index (κ1) is 13.6. The lowest BCUT2D eigenvalue weighted by Gasteiger charge is -2.15. The van der Waals surface area contributed by atoms with Crippen molar-refractivity contribution in [2.24, 2.45) is 0 Å². The highest BCUT2D eigenvalue weighted by molar-refractivity contribution is 5.89. The first-order valence-corrected chi connectivity index (χ1v) is 6.14. The Morgan fingerprint density at radius 2 is 2.12 bits per heavy atom. The average molecular weight is 238 g/mol. The van der Waals surface area contributed by atoms with Crippen LogP contribution in [0.4, 0.5) is 5.69 Å². The first-order valence-electron chi connectivity index (χ1n) is 6.14. The maximum absolute atomic E-state index is 12.0. The number of nitrogen functional groups attached to an aromatic ring is 1. The fraction of sp³-hybridized carbons (Fsp3) is 0.615. The minimum atomic E-state index is -0.295. The zero-order chi connectivity index (χ0) is 13.0. The SMILES string of the molecule is CCCC(C)OC(=O)c1cc(N)cn1C(C)C. The second kappa shape index (κ2) is 5.75.